The van der Waals surface area contributed by atoms with E-state index in [4.69, 9.17) is 29.0 Å². The van der Waals surface area contributed by atoms with Gasteiger partial charge in [0.25, 0.3) is 5.56 Å². The molecule has 0 radical (unpaired) electrons. The van der Waals surface area contributed by atoms with Gasteiger partial charge in [-0.15, -0.1) is 0 Å². The molecule has 0 unspecified atom stereocenters. The standard InChI is InChI=1S/C46H88N5O7P/c1-3-5-7-9-11-13-15-17-19-21-23-25-27-29-34-54-36-31-38-57-59(53,42-56-40-33-51-41-48-43-44(51)49-46(47)50-45(43)52)58-39-32-37-55-35-30-28-26-24-22-20-18-16-14-12-10-8-6-4-2/h41H,3-40,42H2,1-2H3,(H3,47,49,50,52). The monoisotopic (exact) mass is 854 g/mol. The summed E-state index contributed by atoms with van der Waals surface area (Å²) >= 11 is 0. The predicted molar refractivity (Wildman–Crippen MR) is 244 cm³/mol. The molecule has 2 aromatic heterocycles. The number of nitrogens with one attached hydrogen (secondary N) is 1. The van der Waals surface area contributed by atoms with Gasteiger partial charge in [-0.2, -0.15) is 4.98 Å². The summed E-state index contributed by atoms with van der Waals surface area (Å²) in [5.74, 6) is 0.0172. The maximum absolute atomic E-state index is 13.7. The van der Waals surface area contributed by atoms with Gasteiger partial charge < -0.3 is 33.6 Å². The van der Waals surface area contributed by atoms with Gasteiger partial charge in [0.15, 0.2) is 11.2 Å². The number of hydrogen-bond donors (Lipinski definition) is 2. The number of rotatable bonds is 45. The number of nitrogen functional groups attached to an aromatic ring is 1. The van der Waals surface area contributed by atoms with Crippen molar-refractivity contribution in [1.82, 2.24) is 19.5 Å². The van der Waals surface area contributed by atoms with Gasteiger partial charge >= 0.3 is 7.60 Å². The lowest BCUT2D eigenvalue weighted by atomic mass is 10.0. The quantitative estimate of drug-likeness (QED) is 0.0486. The third-order valence-corrected chi connectivity index (χ3v) is 12.6. The topological polar surface area (TPSA) is 153 Å². The minimum absolute atomic E-state index is 0.0172. The van der Waals surface area contributed by atoms with Crippen molar-refractivity contribution < 1.29 is 27.8 Å². The molecule has 3 N–H and O–H groups in total. The first-order chi connectivity index (χ1) is 29.0. The smallest absolute Gasteiger partial charge is 0.356 e. The lowest BCUT2D eigenvalue weighted by Crippen LogP contribution is -2.14. The van der Waals surface area contributed by atoms with Crippen molar-refractivity contribution in [2.75, 3.05) is 58.3 Å². The first kappa shape index (κ1) is 53.3. The fourth-order valence-corrected chi connectivity index (χ4v) is 8.71. The highest BCUT2D eigenvalue weighted by molar-refractivity contribution is 7.53. The first-order valence-electron chi connectivity index (χ1n) is 24.3. The van der Waals surface area contributed by atoms with Crippen LogP contribution in [0.1, 0.15) is 206 Å². The fraction of sp³-hybridized carbons (Fsp3) is 0.891. The summed E-state index contributed by atoms with van der Waals surface area (Å²) in [5, 5.41) is 0. The Morgan fingerprint density at radius 3 is 1.36 bits per heavy atom. The van der Waals surface area contributed by atoms with Crippen molar-refractivity contribution in [3.63, 3.8) is 0 Å². The van der Waals surface area contributed by atoms with Gasteiger partial charge in [0, 0.05) is 33.0 Å². The van der Waals surface area contributed by atoms with Crippen LogP contribution in [-0.2, 0) is 34.4 Å². The normalized spacial score (nSPS) is 12.0. The van der Waals surface area contributed by atoms with Crippen molar-refractivity contribution in [3.8, 4) is 0 Å². The zero-order valence-electron chi connectivity index (χ0n) is 37.9. The number of ether oxygens (including phenoxy) is 3. The minimum Gasteiger partial charge on any atom is -0.381 e. The summed E-state index contributed by atoms with van der Waals surface area (Å²) in [6.45, 7) is 8.18. The SMILES string of the molecule is CCCCCCCCCCCCCCCCOCCCOP(=O)(COCCn1cnc2c(=O)[nH]c(N)nc21)OCCCOCCCCCCCCCCCCCCCC. The highest BCUT2D eigenvalue weighted by Crippen LogP contribution is 2.48. The maximum Gasteiger partial charge on any atom is 0.356 e. The van der Waals surface area contributed by atoms with Crippen molar-refractivity contribution in [2.45, 2.75) is 213 Å². The highest BCUT2D eigenvalue weighted by atomic mass is 31.2. The zero-order chi connectivity index (χ0) is 42.3. The summed E-state index contributed by atoms with van der Waals surface area (Å²) < 4.78 is 44.5. The van der Waals surface area contributed by atoms with E-state index in [0.29, 0.717) is 38.2 Å². The van der Waals surface area contributed by atoms with Gasteiger partial charge in [0.1, 0.15) is 6.35 Å². The second-order valence-electron chi connectivity index (χ2n) is 16.5. The number of fused-ring (bicyclic) bond motifs is 1. The Labute approximate surface area is 359 Å². The molecule has 59 heavy (non-hydrogen) atoms. The van der Waals surface area contributed by atoms with Crippen molar-refractivity contribution >= 4 is 24.7 Å². The molecule has 0 aliphatic carbocycles. The molecule has 0 aromatic carbocycles. The third-order valence-electron chi connectivity index (χ3n) is 10.9. The van der Waals surface area contributed by atoms with Crippen LogP contribution >= 0.6 is 7.60 Å². The van der Waals surface area contributed by atoms with Crippen LogP contribution in [0.4, 0.5) is 5.95 Å². The van der Waals surface area contributed by atoms with E-state index < -0.39 is 13.2 Å². The molecule has 0 amide bonds. The molecule has 0 fully saturated rings. The van der Waals surface area contributed by atoms with E-state index in [9.17, 15) is 9.36 Å². The maximum atomic E-state index is 13.7. The lowest BCUT2D eigenvalue weighted by Gasteiger charge is -2.19. The van der Waals surface area contributed by atoms with E-state index in [1.165, 1.54) is 173 Å². The van der Waals surface area contributed by atoms with Gasteiger partial charge in [-0.25, -0.2) is 4.98 Å². The number of anilines is 1. The first-order valence-corrected chi connectivity index (χ1v) is 26.0. The number of aromatic nitrogens is 4. The molecule has 0 atom stereocenters. The van der Waals surface area contributed by atoms with E-state index in [0.717, 1.165) is 26.1 Å². The summed E-state index contributed by atoms with van der Waals surface area (Å²) in [6.07, 6.45) is 40.0. The number of hydrogen-bond acceptors (Lipinski definition) is 10. The number of nitrogens with two attached hydrogens (primary N) is 1. The van der Waals surface area contributed by atoms with Crippen LogP contribution in [0.3, 0.4) is 0 Å². The molecule has 0 saturated heterocycles. The zero-order valence-corrected chi connectivity index (χ0v) is 38.8. The second-order valence-corrected chi connectivity index (χ2v) is 18.5. The van der Waals surface area contributed by atoms with Crippen LogP contribution in [-0.4, -0.2) is 72.1 Å². The van der Waals surface area contributed by atoms with Gasteiger partial charge in [-0.1, -0.05) is 181 Å². The molecule has 0 saturated carbocycles. The van der Waals surface area contributed by atoms with Crippen LogP contribution in [0.5, 0.6) is 0 Å². The fourth-order valence-electron chi connectivity index (χ4n) is 7.32. The number of nitrogens with zero attached hydrogens (tertiary/aromatic N) is 3. The van der Waals surface area contributed by atoms with Crippen molar-refractivity contribution in [2.24, 2.45) is 0 Å². The Hall–Kier alpha value is -1.82. The predicted octanol–water partition coefficient (Wildman–Crippen LogP) is 12.7. The average molecular weight is 854 g/mol. The van der Waals surface area contributed by atoms with Gasteiger partial charge in [-0.3, -0.25) is 14.3 Å². The molecule has 12 nitrogen and oxygen atoms in total. The molecule has 344 valence electrons. The van der Waals surface area contributed by atoms with Crippen LogP contribution < -0.4 is 11.3 Å². The van der Waals surface area contributed by atoms with E-state index in [-0.39, 0.29) is 37.6 Å². The molecule has 0 aliphatic heterocycles. The number of imidazole rings is 1. The van der Waals surface area contributed by atoms with E-state index in [1.54, 1.807) is 4.57 Å². The van der Waals surface area contributed by atoms with Crippen LogP contribution in [0, 0.1) is 0 Å². The molecule has 13 heteroatoms. The minimum atomic E-state index is -3.52. The highest BCUT2D eigenvalue weighted by Gasteiger charge is 2.25. The largest absolute Gasteiger partial charge is 0.381 e. The average Bonchev–Trinajstić information content (AvgIpc) is 3.64. The molecule has 0 aliphatic rings. The number of H-pyrrole nitrogens is 1. The Balaban J connectivity index is 1.55. The van der Waals surface area contributed by atoms with Crippen molar-refractivity contribution in [1.29, 1.82) is 0 Å². The second kappa shape index (κ2) is 37.9. The summed E-state index contributed by atoms with van der Waals surface area (Å²) in [5.41, 5.74) is 5.90. The molecule has 2 rings (SSSR count). The molecular formula is C46H88N5O7P. The molecule has 0 spiro atoms. The summed E-state index contributed by atoms with van der Waals surface area (Å²) in [6, 6.07) is 0. The van der Waals surface area contributed by atoms with Crippen LogP contribution in [0.2, 0.25) is 0 Å². The molecular weight excluding hydrogens is 766 g/mol. The van der Waals surface area contributed by atoms with Gasteiger partial charge in [-0.05, 0) is 25.7 Å². The van der Waals surface area contributed by atoms with E-state index in [1.807, 2.05) is 0 Å². The Morgan fingerprint density at radius 2 is 0.932 bits per heavy atom. The number of unbranched alkanes of at least 4 members (excludes halogenated alkanes) is 26. The third kappa shape index (κ3) is 29.2. The Morgan fingerprint density at radius 1 is 0.542 bits per heavy atom. The van der Waals surface area contributed by atoms with Gasteiger partial charge in [0.05, 0.1) is 26.1 Å². The Kier molecular flexibility index (Phi) is 34.3. The van der Waals surface area contributed by atoms with Crippen LogP contribution in [0.15, 0.2) is 11.1 Å². The summed E-state index contributed by atoms with van der Waals surface area (Å²) in [7, 11) is -3.52. The van der Waals surface area contributed by atoms with E-state index >= 15 is 0 Å². The Bertz CT molecular complexity index is 1300. The molecule has 2 aromatic rings. The van der Waals surface area contributed by atoms with E-state index in [2.05, 4.69) is 28.8 Å². The summed E-state index contributed by atoms with van der Waals surface area (Å²) in [4.78, 5) is 22.9. The lowest BCUT2D eigenvalue weighted by molar-refractivity contribution is 0.0901. The number of aromatic amines is 1. The molecule has 0 bridgehead atoms. The molecule has 2 heterocycles. The van der Waals surface area contributed by atoms with Crippen molar-refractivity contribution in [3.05, 3.63) is 16.7 Å². The van der Waals surface area contributed by atoms with Crippen LogP contribution in [0.25, 0.3) is 11.2 Å². The van der Waals surface area contributed by atoms with Gasteiger partial charge in [0.2, 0.25) is 5.95 Å².